The van der Waals surface area contributed by atoms with E-state index in [1.165, 1.54) is 7.05 Å². The van der Waals surface area contributed by atoms with E-state index in [0.29, 0.717) is 30.4 Å². The van der Waals surface area contributed by atoms with Crippen LogP contribution in [0.1, 0.15) is 17.5 Å². The van der Waals surface area contributed by atoms with Gasteiger partial charge in [0, 0.05) is 24.7 Å². The zero-order valence-electron chi connectivity index (χ0n) is 12.4. The van der Waals surface area contributed by atoms with Crippen LogP contribution in [0.3, 0.4) is 0 Å². The van der Waals surface area contributed by atoms with Gasteiger partial charge in [-0.25, -0.2) is 14.5 Å². The molecule has 2 N–H and O–H groups in total. The molecular weight excluding hydrogens is 302 g/mol. The summed E-state index contributed by atoms with van der Waals surface area (Å²) in [6.07, 6.45) is 0.547. The van der Waals surface area contributed by atoms with E-state index in [1.807, 2.05) is 0 Å². The lowest BCUT2D eigenvalue weighted by Crippen LogP contribution is -2.38. The maximum absolute atomic E-state index is 12.5. The number of carbonyl (C=O) groups is 4. The number of nitrogens with zero attached hydrogens (tertiary/aromatic N) is 1. The first-order chi connectivity index (χ1) is 11.0. The maximum Gasteiger partial charge on any atom is 0.418 e. The van der Waals surface area contributed by atoms with Gasteiger partial charge in [0.1, 0.15) is 6.29 Å². The topological polar surface area (TPSA) is 105 Å². The molecule has 1 unspecified atom stereocenters. The van der Waals surface area contributed by atoms with Crippen LogP contribution in [0.2, 0.25) is 0 Å². The summed E-state index contributed by atoms with van der Waals surface area (Å²) in [7, 11) is 1.51. The third-order valence-corrected chi connectivity index (χ3v) is 4.10. The zero-order valence-corrected chi connectivity index (χ0v) is 12.4. The number of anilines is 1. The molecule has 0 radical (unpaired) electrons. The molecule has 1 aliphatic carbocycles. The van der Waals surface area contributed by atoms with Gasteiger partial charge in [0.2, 0.25) is 5.60 Å². The molecule has 4 amide bonds. The first-order valence-corrected chi connectivity index (χ1v) is 7.12. The Morgan fingerprint density at radius 2 is 2.22 bits per heavy atom. The summed E-state index contributed by atoms with van der Waals surface area (Å²) in [4.78, 5) is 47.2. The van der Waals surface area contributed by atoms with Crippen molar-refractivity contribution in [3.05, 3.63) is 29.3 Å². The van der Waals surface area contributed by atoms with Crippen LogP contribution in [0.25, 0.3) is 0 Å². The van der Waals surface area contributed by atoms with Gasteiger partial charge >= 0.3 is 12.1 Å². The van der Waals surface area contributed by atoms with Crippen molar-refractivity contribution in [2.24, 2.45) is 0 Å². The summed E-state index contributed by atoms with van der Waals surface area (Å²) in [5.41, 5.74) is 0.669. The molecule has 8 nitrogen and oxygen atoms in total. The summed E-state index contributed by atoms with van der Waals surface area (Å²) in [6.45, 7) is -0.314. The average Bonchev–Trinajstić information content (AvgIpc) is 3.01. The normalized spacial score (nSPS) is 22.0. The number of fused-ring (bicyclic) bond motifs is 2. The number of amides is 4. The first-order valence-electron chi connectivity index (χ1n) is 7.12. The second kappa shape index (κ2) is 5.38. The predicted octanol–water partition coefficient (Wildman–Crippen LogP) is 0.757. The lowest BCUT2D eigenvalue weighted by atomic mass is 9.94. The smallest absolute Gasteiger partial charge is 0.418 e. The van der Waals surface area contributed by atoms with Crippen LogP contribution in [0, 0.1) is 0 Å². The number of imide groups is 1. The van der Waals surface area contributed by atoms with E-state index in [-0.39, 0.29) is 12.6 Å². The summed E-state index contributed by atoms with van der Waals surface area (Å²) >= 11 is 0. The third-order valence-electron chi connectivity index (χ3n) is 4.10. The number of rotatable bonds is 3. The molecule has 0 bridgehead atoms. The van der Waals surface area contributed by atoms with E-state index in [0.717, 1.165) is 10.5 Å². The Labute approximate surface area is 131 Å². The Bertz CT molecular complexity index is 717. The maximum atomic E-state index is 12.5. The Kier molecular flexibility index (Phi) is 3.51. The van der Waals surface area contributed by atoms with Crippen molar-refractivity contribution >= 4 is 30.0 Å². The van der Waals surface area contributed by atoms with Crippen LogP contribution >= 0.6 is 0 Å². The Morgan fingerprint density at radius 1 is 1.43 bits per heavy atom. The molecular formula is C15H15N3O5. The monoisotopic (exact) mass is 317 g/mol. The molecule has 8 heteroatoms. The molecule has 1 aliphatic heterocycles. The van der Waals surface area contributed by atoms with Gasteiger partial charge in [-0.1, -0.05) is 6.07 Å². The number of benzene rings is 1. The molecule has 1 heterocycles. The molecule has 23 heavy (non-hydrogen) atoms. The van der Waals surface area contributed by atoms with Crippen molar-refractivity contribution < 1.29 is 23.9 Å². The van der Waals surface area contributed by atoms with Crippen LogP contribution < -0.4 is 10.6 Å². The number of aryl methyl sites for hydroxylation is 1. The van der Waals surface area contributed by atoms with Crippen molar-refractivity contribution in [3.8, 4) is 0 Å². The molecule has 1 atom stereocenters. The highest BCUT2D eigenvalue weighted by molar-refractivity contribution is 6.05. The van der Waals surface area contributed by atoms with Crippen molar-refractivity contribution in [2.75, 3.05) is 18.9 Å². The first kappa shape index (κ1) is 15.0. The average molecular weight is 317 g/mol. The van der Waals surface area contributed by atoms with Crippen LogP contribution in [0.5, 0.6) is 0 Å². The standard InChI is InChI=1S/C15H15N3O5/c1-16-13(21)17-10-2-3-11-9(8-10)4-5-15(11)12(20)18(6-7-19)14(22)23-15/h2-3,7-8H,4-6H2,1H3,(H2,16,17,21). The van der Waals surface area contributed by atoms with Gasteiger partial charge in [0.15, 0.2) is 0 Å². The van der Waals surface area contributed by atoms with E-state index < -0.39 is 17.6 Å². The van der Waals surface area contributed by atoms with E-state index >= 15 is 0 Å². The quantitative estimate of drug-likeness (QED) is 0.801. The van der Waals surface area contributed by atoms with Crippen LogP contribution in [-0.4, -0.2) is 42.8 Å². The SMILES string of the molecule is CNC(=O)Nc1ccc2c(c1)CCC21OC(=O)N(CC=O)C1=O. The minimum absolute atomic E-state index is 0.314. The van der Waals surface area contributed by atoms with Crippen molar-refractivity contribution in [3.63, 3.8) is 0 Å². The summed E-state index contributed by atoms with van der Waals surface area (Å²) in [5, 5.41) is 5.10. The Morgan fingerprint density at radius 3 is 2.91 bits per heavy atom. The molecule has 1 fully saturated rings. The van der Waals surface area contributed by atoms with E-state index in [1.54, 1.807) is 18.2 Å². The van der Waals surface area contributed by atoms with Crippen LogP contribution in [0.4, 0.5) is 15.3 Å². The highest BCUT2D eigenvalue weighted by atomic mass is 16.6. The summed E-state index contributed by atoms with van der Waals surface area (Å²) in [6, 6.07) is 4.72. The molecule has 1 aromatic rings. The van der Waals surface area contributed by atoms with Gasteiger partial charge in [-0.2, -0.15) is 0 Å². The fourth-order valence-corrected chi connectivity index (χ4v) is 3.02. The number of carbonyl (C=O) groups excluding carboxylic acids is 4. The van der Waals surface area contributed by atoms with Gasteiger partial charge in [-0.3, -0.25) is 4.79 Å². The van der Waals surface area contributed by atoms with Crippen molar-refractivity contribution in [1.82, 2.24) is 10.2 Å². The van der Waals surface area contributed by atoms with Gasteiger partial charge in [0.25, 0.3) is 5.91 Å². The van der Waals surface area contributed by atoms with Crippen molar-refractivity contribution in [2.45, 2.75) is 18.4 Å². The zero-order chi connectivity index (χ0) is 16.6. The molecule has 1 saturated heterocycles. The lowest BCUT2D eigenvalue weighted by molar-refractivity contribution is -0.138. The number of ether oxygens (including phenoxy) is 1. The van der Waals surface area contributed by atoms with E-state index in [2.05, 4.69) is 10.6 Å². The fourth-order valence-electron chi connectivity index (χ4n) is 3.02. The third kappa shape index (κ3) is 2.23. The summed E-state index contributed by atoms with van der Waals surface area (Å²) in [5.74, 6) is -0.514. The van der Waals surface area contributed by atoms with E-state index in [4.69, 9.17) is 4.74 Å². The molecule has 2 aliphatic rings. The molecule has 0 aromatic heterocycles. The minimum atomic E-state index is -1.35. The lowest BCUT2D eigenvalue weighted by Gasteiger charge is -2.20. The minimum Gasteiger partial charge on any atom is -0.427 e. The molecule has 3 rings (SSSR count). The second-order valence-electron chi connectivity index (χ2n) is 5.35. The Balaban J connectivity index is 1.93. The highest BCUT2D eigenvalue weighted by Gasteiger charge is 2.57. The van der Waals surface area contributed by atoms with Gasteiger partial charge in [-0.15, -0.1) is 0 Å². The van der Waals surface area contributed by atoms with Gasteiger partial charge in [-0.05, 0) is 24.1 Å². The summed E-state index contributed by atoms with van der Waals surface area (Å²) < 4.78 is 5.33. The fraction of sp³-hybridized carbons (Fsp3) is 0.333. The van der Waals surface area contributed by atoms with Crippen LogP contribution in [-0.2, 0) is 26.3 Å². The number of hydrogen-bond acceptors (Lipinski definition) is 5. The largest absolute Gasteiger partial charge is 0.427 e. The van der Waals surface area contributed by atoms with Crippen LogP contribution in [0.15, 0.2) is 18.2 Å². The number of urea groups is 1. The number of hydrogen-bond donors (Lipinski definition) is 2. The van der Waals surface area contributed by atoms with Crippen molar-refractivity contribution in [1.29, 1.82) is 0 Å². The Hall–Kier alpha value is -2.90. The number of nitrogens with one attached hydrogen (secondary N) is 2. The molecule has 120 valence electrons. The van der Waals surface area contributed by atoms with E-state index in [9.17, 15) is 19.2 Å². The molecule has 0 saturated carbocycles. The predicted molar refractivity (Wildman–Crippen MR) is 78.8 cm³/mol. The highest BCUT2D eigenvalue weighted by Crippen LogP contribution is 2.45. The van der Waals surface area contributed by atoms with Gasteiger partial charge < -0.3 is 20.2 Å². The molecule has 1 aromatic carbocycles. The molecule has 1 spiro atoms. The second-order valence-corrected chi connectivity index (χ2v) is 5.35. The van der Waals surface area contributed by atoms with Gasteiger partial charge in [0.05, 0.1) is 6.54 Å². The number of aldehydes is 1.